The average molecular weight is 339 g/mol. The van der Waals surface area contributed by atoms with Crippen LogP contribution in [0.5, 0.6) is 0 Å². The topological polar surface area (TPSA) is 81.9 Å². The first-order valence-electron chi connectivity index (χ1n) is 8.50. The Morgan fingerprint density at radius 1 is 1.35 bits per heavy atom. The fraction of sp³-hybridized carbons (Fsp3) is 0.867. The largest absolute Gasteiger partial charge is 0.376 e. The molecule has 0 radical (unpaired) electrons. The number of carbonyl (C=O) groups is 1. The fourth-order valence-electron chi connectivity index (χ4n) is 3.20. The van der Waals surface area contributed by atoms with Crippen LogP contribution in [0, 0.1) is 5.92 Å². The van der Waals surface area contributed by atoms with Crippen LogP contribution < -0.4 is 5.32 Å². The van der Waals surface area contributed by atoms with Crippen molar-refractivity contribution in [1.82, 2.24) is 25.5 Å². The van der Waals surface area contributed by atoms with Crippen molar-refractivity contribution in [3.8, 4) is 0 Å². The van der Waals surface area contributed by atoms with Gasteiger partial charge in [0.05, 0.1) is 18.4 Å². The maximum Gasteiger partial charge on any atom is 0.230 e. The van der Waals surface area contributed by atoms with Gasteiger partial charge in [-0.15, -0.1) is 5.10 Å². The van der Waals surface area contributed by atoms with Gasteiger partial charge in [0.15, 0.2) is 0 Å². The smallest absolute Gasteiger partial charge is 0.230 e. The predicted octanol–water partition coefficient (Wildman–Crippen LogP) is 1.64. The summed E-state index contributed by atoms with van der Waals surface area (Å²) in [6.07, 6.45) is 6.93. The summed E-state index contributed by atoms with van der Waals surface area (Å²) < 4.78 is 7.36. The molecule has 1 amide bonds. The monoisotopic (exact) mass is 339 g/mol. The molecule has 128 valence electrons. The van der Waals surface area contributed by atoms with Crippen molar-refractivity contribution in [2.75, 3.05) is 12.4 Å². The van der Waals surface area contributed by atoms with Crippen LogP contribution in [0.3, 0.4) is 0 Å². The highest BCUT2D eigenvalue weighted by Gasteiger charge is 2.21. The second-order valence-electron chi connectivity index (χ2n) is 6.59. The zero-order valence-corrected chi connectivity index (χ0v) is 14.4. The Kier molecular flexibility index (Phi) is 5.88. The molecule has 8 heteroatoms. The quantitative estimate of drug-likeness (QED) is 0.794. The molecule has 1 atom stereocenters. The molecule has 1 aromatic rings. The van der Waals surface area contributed by atoms with Crippen molar-refractivity contribution >= 4 is 17.7 Å². The number of nitrogens with one attached hydrogen (secondary N) is 1. The van der Waals surface area contributed by atoms with E-state index in [1.54, 1.807) is 4.68 Å². The third kappa shape index (κ3) is 4.91. The molecule has 1 aromatic heterocycles. The summed E-state index contributed by atoms with van der Waals surface area (Å²) in [5.41, 5.74) is 0. The molecule has 3 rings (SSSR count). The third-order valence-corrected chi connectivity index (χ3v) is 5.57. The lowest BCUT2D eigenvalue weighted by atomic mass is 9.87. The molecule has 1 saturated heterocycles. The molecule has 0 aromatic carbocycles. The summed E-state index contributed by atoms with van der Waals surface area (Å²) in [7, 11) is 0. The van der Waals surface area contributed by atoms with Crippen LogP contribution in [0.1, 0.15) is 45.4 Å². The van der Waals surface area contributed by atoms with Crippen LogP contribution in [0.2, 0.25) is 0 Å². The van der Waals surface area contributed by atoms with Gasteiger partial charge in [0.1, 0.15) is 0 Å². The molecule has 2 fully saturated rings. The van der Waals surface area contributed by atoms with E-state index in [4.69, 9.17) is 4.74 Å². The van der Waals surface area contributed by atoms with Gasteiger partial charge >= 0.3 is 0 Å². The molecule has 1 N–H and O–H groups in total. The summed E-state index contributed by atoms with van der Waals surface area (Å²) in [4.78, 5) is 12.1. The van der Waals surface area contributed by atoms with Gasteiger partial charge < -0.3 is 10.1 Å². The van der Waals surface area contributed by atoms with Crippen molar-refractivity contribution in [3.63, 3.8) is 0 Å². The molecule has 1 saturated carbocycles. The van der Waals surface area contributed by atoms with Crippen LogP contribution in [0.4, 0.5) is 0 Å². The average Bonchev–Trinajstić information content (AvgIpc) is 3.20. The van der Waals surface area contributed by atoms with Crippen molar-refractivity contribution in [3.05, 3.63) is 0 Å². The number of thioether (sulfide) groups is 1. The van der Waals surface area contributed by atoms with E-state index < -0.39 is 0 Å². The maximum atomic E-state index is 12.1. The van der Waals surface area contributed by atoms with Crippen molar-refractivity contribution < 1.29 is 9.53 Å². The van der Waals surface area contributed by atoms with Crippen LogP contribution in [-0.4, -0.2) is 50.6 Å². The lowest BCUT2D eigenvalue weighted by Gasteiger charge is -2.26. The molecule has 23 heavy (non-hydrogen) atoms. The van der Waals surface area contributed by atoms with Gasteiger partial charge in [0.25, 0.3) is 0 Å². The Bertz CT molecular complexity index is 510. The van der Waals surface area contributed by atoms with Gasteiger partial charge in [-0.1, -0.05) is 18.7 Å². The van der Waals surface area contributed by atoms with Crippen LogP contribution in [0.25, 0.3) is 0 Å². The molecule has 7 nitrogen and oxygen atoms in total. The Balaban J connectivity index is 1.43. The summed E-state index contributed by atoms with van der Waals surface area (Å²) in [5.74, 6) is 1.22. The first-order valence-corrected chi connectivity index (χ1v) is 9.49. The third-order valence-electron chi connectivity index (χ3n) is 4.61. The molecule has 1 aliphatic carbocycles. The molecular weight excluding hydrogens is 314 g/mol. The Hall–Kier alpha value is -1.15. The second-order valence-corrected chi connectivity index (χ2v) is 7.53. The summed E-state index contributed by atoms with van der Waals surface area (Å²) >= 11 is 1.39. The number of aromatic nitrogens is 4. The minimum absolute atomic E-state index is 0.0706. The number of nitrogens with zero attached hydrogens (tertiary/aromatic N) is 4. The Labute approximate surface area is 140 Å². The zero-order chi connectivity index (χ0) is 16.1. The Morgan fingerprint density at radius 3 is 2.91 bits per heavy atom. The number of hydrogen-bond donors (Lipinski definition) is 1. The Morgan fingerprint density at radius 2 is 2.17 bits per heavy atom. The molecule has 1 unspecified atom stereocenters. The first kappa shape index (κ1) is 16.7. The van der Waals surface area contributed by atoms with Gasteiger partial charge in [-0.3, -0.25) is 4.79 Å². The molecule has 2 aliphatic rings. The van der Waals surface area contributed by atoms with Crippen LogP contribution in [0.15, 0.2) is 5.16 Å². The minimum atomic E-state index is 0.0706. The predicted molar refractivity (Wildman–Crippen MR) is 87.1 cm³/mol. The second kappa shape index (κ2) is 8.10. The highest BCUT2D eigenvalue weighted by molar-refractivity contribution is 7.99. The lowest BCUT2D eigenvalue weighted by Crippen LogP contribution is -2.38. The molecule has 0 bridgehead atoms. The zero-order valence-electron chi connectivity index (χ0n) is 13.6. The minimum Gasteiger partial charge on any atom is -0.376 e. The first-order chi connectivity index (χ1) is 11.2. The molecule has 1 aliphatic heterocycles. The SMILES string of the molecule is CC1CCC(NC(=O)CSc2nnnn2CC2CCCO2)CC1. The van der Waals surface area contributed by atoms with Gasteiger partial charge in [-0.25, -0.2) is 4.68 Å². The fourth-order valence-corrected chi connectivity index (χ4v) is 3.90. The summed E-state index contributed by atoms with van der Waals surface area (Å²) in [6.45, 7) is 3.76. The van der Waals surface area contributed by atoms with Gasteiger partial charge in [0, 0.05) is 12.6 Å². The number of hydrogen-bond acceptors (Lipinski definition) is 6. The van der Waals surface area contributed by atoms with Crippen LogP contribution in [-0.2, 0) is 16.1 Å². The van der Waals surface area contributed by atoms with Gasteiger partial charge in [-0.2, -0.15) is 0 Å². The van der Waals surface area contributed by atoms with E-state index in [-0.39, 0.29) is 12.0 Å². The van der Waals surface area contributed by atoms with E-state index in [2.05, 4.69) is 27.8 Å². The van der Waals surface area contributed by atoms with Crippen molar-refractivity contribution in [1.29, 1.82) is 0 Å². The molecular formula is C15H25N5O2S. The lowest BCUT2D eigenvalue weighted by molar-refractivity contribution is -0.119. The number of carbonyl (C=O) groups excluding carboxylic acids is 1. The maximum absolute atomic E-state index is 12.1. The van der Waals surface area contributed by atoms with E-state index in [0.717, 1.165) is 38.2 Å². The number of tetrazole rings is 1. The van der Waals surface area contributed by atoms with Gasteiger partial charge in [-0.05, 0) is 54.9 Å². The van der Waals surface area contributed by atoms with Crippen LogP contribution >= 0.6 is 11.8 Å². The molecule has 2 heterocycles. The van der Waals surface area contributed by atoms with E-state index in [1.165, 1.54) is 24.6 Å². The number of rotatable bonds is 6. The molecule has 0 spiro atoms. The number of amides is 1. The van der Waals surface area contributed by atoms with Crippen molar-refractivity contribution in [2.45, 2.75) is 69.3 Å². The normalized spacial score (nSPS) is 28.0. The highest BCUT2D eigenvalue weighted by atomic mass is 32.2. The highest BCUT2D eigenvalue weighted by Crippen LogP contribution is 2.24. The van der Waals surface area contributed by atoms with E-state index in [0.29, 0.717) is 23.5 Å². The van der Waals surface area contributed by atoms with Crippen molar-refractivity contribution in [2.24, 2.45) is 5.92 Å². The van der Waals surface area contributed by atoms with E-state index in [1.807, 2.05) is 0 Å². The van der Waals surface area contributed by atoms with E-state index in [9.17, 15) is 4.79 Å². The summed E-state index contributed by atoms with van der Waals surface area (Å²) in [6, 6.07) is 0.335. The van der Waals surface area contributed by atoms with E-state index >= 15 is 0 Å². The standard InChI is InChI=1S/C15H25N5O2S/c1-11-4-6-12(7-5-11)16-14(21)10-23-15-17-18-19-20(15)9-13-3-2-8-22-13/h11-13H,2-10H2,1H3,(H,16,21). The number of ether oxygens (including phenoxy) is 1. The van der Waals surface area contributed by atoms with Gasteiger partial charge in [0.2, 0.25) is 11.1 Å². The summed E-state index contributed by atoms with van der Waals surface area (Å²) in [5, 5.41) is 15.6.